The van der Waals surface area contributed by atoms with E-state index in [9.17, 15) is 9.50 Å². The third kappa shape index (κ3) is 2.54. The van der Waals surface area contributed by atoms with Crippen molar-refractivity contribution in [2.75, 3.05) is 20.1 Å². The van der Waals surface area contributed by atoms with Crippen LogP contribution in [0, 0.1) is 5.82 Å². The van der Waals surface area contributed by atoms with Gasteiger partial charge in [0.15, 0.2) is 5.82 Å². The number of nitrogens with one attached hydrogen (secondary N) is 1. The highest BCUT2D eigenvalue weighted by Gasteiger charge is 2.10. The predicted molar refractivity (Wildman–Crippen MR) is 71.3 cm³/mol. The topological polar surface area (TPSA) is 39.3 Å². The Labute approximate surface area is 106 Å². The number of hydrogen-bond donors (Lipinski definition) is 2. The first kappa shape index (κ1) is 12.6. The molecule has 0 amide bonds. The molecule has 2 aromatic rings. The highest BCUT2D eigenvalue weighted by molar-refractivity contribution is 5.85. The smallest absolute Gasteiger partial charge is 0.150 e. The van der Waals surface area contributed by atoms with E-state index in [4.69, 9.17) is 0 Å². The summed E-state index contributed by atoms with van der Waals surface area (Å²) >= 11 is 0. The standard InChI is InChI=1S/C14H17FN2O/c1-3-5-17(2)6-4-10-9-16-14-12(10)7-11(18)8-13(14)15/h3,7-9,16,18H,1,4-6H2,2H3. The average Bonchev–Trinajstić information content (AvgIpc) is 2.70. The second-order valence-electron chi connectivity index (χ2n) is 4.46. The first-order valence-electron chi connectivity index (χ1n) is 5.89. The van der Waals surface area contributed by atoms with E-state index in [0.717, 1.165) is 36.5 Å². The van der Waals surface area contributed by atoms with Gasteiger partial charge in [-0.25, -0.2) is 4.39 Å². The molecule has 0 radical (unpaired) electrons. The van der Waals surface area contributed by atoms with Gasteiger partial charge in [-0.2, -0.15) is 0 Å². The van der Waals surface area contributed by atoms with Gasteiger partial charge in [0.05, 0.1) is 5.52 Å². The lowest BCUT2D eigenvalue weighted by Gasteiger charge is -2.13. The van der Waals surface area contributed by atoms with Crippen LogP contribution < -0.4 is 0 Å². The van der Waals surface area contributed by atoms with Crippen LogP contribution in [0.2, 0.25) is 0 Å². The lowest BCUT2D eigenvalue weighted by atomic mass is 10.1. The molecule has 0 bridgehead atoms. The monoisotopic (exact) mass is 248 g/mol. The van der Waals surface area contributed by atoms with E-state index in [1.165, 1.54) is 0 Å². The van der Waals surface area contributed by atoms with E-state index < -0.39 is 5.82 Å². The number of hydrogen-bond acceptors (Lipinski definition) is 2. The van der Waals surface area contributed by atoms with E-state index in [1.54, 1.807) is 12.3 Å². The largest absolute Gasteiger partial charge is 0.508 e. The summed E-state index contributed by atoms with van der Waals surface area (Å²) < 4.78 is 13.6. The minimum absolute atomic E-state index is 0.0414. The molecule has 0 atom stereocenters. The molecule has 0 unspecified atom stereocenters. The van der Waals surface area contributed by atoms with Gasteiger partial charge in [-0.15, -0.1) is 6.58 Å². The van der Waals surface area contributed by atoms with Crippen LogP contribution in [0.3, 0.4) is 0 Å². The lowest BCUT2D eigenvalue weighted by molar-refractivity contribution is 0.376. The maximum Gasteiger partial charge on any atom is 0.150 e. The predicted octanol–water partition coefficient (Wildman–Crippen LogP) is 2.67. The number of halogens is 1. The van der Waals surface area contributed by atoms with Crippen molar-refractivity contribution in [2.45, 2.75) is 6.42 Å². The van der Waals surface area contributed by atoms with Crippen molar-refractivity contribution in [1.82, 2.24) is 9.88 Å². The van der Waals surface area contributed by atoms with Crippen LogP contribution in [0.4, 0.5) is 4.39 Å². The summed E-state index contributed by atoms with van der Waals surface area (Å²) in [6, 6.07) is 2.71. The summed E-state index contributed by atoms with van der Waals surface area (Å²) in [5.74, 6) is -0.462. The Morgan fingerprint density at radius 2 is 2.28 bits per heavy atom. The van der Waals surface area contributed by atoms with Crippen LogP contribution in [-0.4, -0.2) is 35.1 Å². The van der Waals surface area contributed by atoms with Crippen LogP contribution in [-0.2, 0) is 6.42 Å². The molecule has 0 saturated heterocycles. The van der Waals surface area contributed by atoms with E-state index in [-0.39, 0.29) is 5.75 Å². The fourth-order valence-electron chi connectivity index (χ4n) is 2.06. The number of phenols is 1. The molecule has 3 nitrogen and oxygen atoms in total. The number of aromatic amines is 1. The minimum Gasteiger partial charge on any atom is -0.508 e. The van der Waals surface area contributed by atoms with Gasteiger partial charge in [-0.05, 0) is 25.1 Å². The van der Waals surface area contributed by atoms with E-state index in [1.807, 2.05) is 13.1 Å². The normalized spacial score (nSPS) is 11.3. The van der Waals surface area contributed by atoms with Crippen LogP contribution in [0.15, 0.2) is 31.0 Å². The molecule has 0 spiro atoms. The molecule has 0 aliphatic heterocycles. The molecular formula is C14H17FN2O. The molecule has 4 heteroatoms. The first-order valence-corrected chi connectivity index (χ1v) is 5.89. The maximum atomic E-state index is 13.6. The number of benzene rings is 1. The molecule has 0 fully saturated rings. The van der Waals surface area contributed by atoms with Crippen LogP contribution in [0.1, 0.15) is 5.56 Å². The third-order valence-corrected chi connectivity index (χ3v) is 3.02. The lowest BCUT2D eigenvalue weighted by Crippen LogP contribution is -2.20. The van der Waals surface area contributed by atoms with Crippen molar-refractivity contribution >= 4 is 10.9 Å². The van der Waals surface area contributed by atoms with E-state index in [2.05, 4.69) is 16.5 Å². The van der Waals surface area contributed by atoms with Crippen molar-refractivity contribution in [3.63, 3.8) is 0 Å². The van der Waals surface area contributed by atoms with Gasteiger partial charge in [-0.3, -0.25) is 0 Å². The molecule has 0 aliphatic rings. The summed E-state index contributed by atoms with van der Waals surface area (Å²) in [5.41, 5.74) is 1.46. The number of rotatable bonds is 5. The Kier molecular flexibility index (Phi) is 3.67. The van der Waals surface area contributed by atoms with Crippen molar-refractivity contribution < 1.29 is 9.50 Å². The molecule has 2 rings (SSSR count). The Hall–Kier alpha value is -1.81. The zero-order valence-corrected chi connectivity index (χ0v) is 10.4. The fourth-order valence-corrected chi connectivity index (χ4v) is 2.06. The van der Waals surface area contributed by atoms with Gasteiger partial charge in [0.2, 0.25) is 0 Å². The zero-order chi connectivity index (χ0) is 13.1. The summed E-state index contributed by atoms with van der Waals surface area (Å²) in [5, 5.41) is 10.2. The number of fused-ring (bicyclic) bond motifs is 1. The molecule has 2 N–H and O–H groups in total. The van der Waals surface area contributed by atoms with Crippen LogP contribution in [0.5, 0.6) is 5.75 Å². The Balaban J connectivity index is 2.21. The van der Waals surface area contributed by atoms with Crippen molar-refractivity contribution in [3.05, 3.63) is 42.4 Å². The number of phenolic OH excluding ortho intramolecular Hbond substituents is 1. The van der Waals surface area contributed by atoms with Gasteiger partial charge < -0.3 is 15.0 Å². The van der Waals surface area contributed by atoms with Crippen molar-refractivity contribution in [2.24, 2.45) is 0 Å². The average molecular weight is 248 g/mol. The molecule has 1 aromatic heterocycles. The number of nitrogens with zero attached hydrogens (tertiary/aromatic N) is 1. The highest BCUT2D eigenvalue weighted by atomic mass is 19.1. The van der Waals surface area contributed by atoms with Gasteiger partial charge in [0, 0.05) is 30.7 Å². The number of likely N-dealkylation sites (N-methyl/N-ethyl adjacent to an activating group) is 1. The van der Waals surface area contributed by atoms with Crippen molar-refractivity contribution in [1.29, 1.82) is 0 Å². The summed E-state index contributed by atoms with van der Waals surface area (Å²) in [6.45, 7) is 5.37. The zero-order valence-electron chi connectivity index (χ0n) is 10.4. The molecule has 0 aliphatic carbocycles. The van der Waals surface area contributed by atoms with Gasteiger partial charge >= 0.3 is 0 Å². The number of H-pyrrole nitrogens is 1. The minimum atomic E-state index is -0.421. The third-order valence-electron chi connectivity index (χ3n) is 3.02. The molecule has 0 saturated carbocycles. The summed E-state index contributed by atoms with van der Waals surface area (Å²) in [6.07, 6.45) is 4.45. The molecule has 18 heavy (non-hydrogen) atoms. The number of aromatic hydroxyl groups is 1. The second-order valence-corrected chi connectivity index (χ2v) is 4.46. The fraction of sp³-hybridized carbons (Fsp3) is 0.286. The van der Waals surface area contributed by atoms with Gasteiger partial charge in [0.25, 0.3) is 0 Å². The molecule has 96 valence electrons. The Morgan fingerprint density at radius 3 is 3.00 bits per heavy atom. The first-order chi connectivity index (χ1) is 8.61. The van der Waals surface area contributed by atoms with E-state index in [0.29, 0.717) is 5.52 Å². The quantitative estimate of drug-likeness (QED) is 0.798. The maximum absolute atomic E-state index is 13.6. The SMILES string of the molecule is C=CCN(C)CCc1c[nH]c2c(F)cc(O)cc12. The molecule has 1 aromatic carbocycles. The highest BCUT2D eigenvalue weighted by Crippen LogP contribution is 2.26. The van der Waals surface area contributed by atoms with Gasteiger partial charge in [0.1, 0.15) is 5.75 Å². The Morgan fingerprint density at radius 1 is 1.50 bits per heavy atom. The van der Waals surface area contributed by atoms with Crippen LogP contribution >= 0.6 is 0 Å². The van der Waals surface area contributed by atoms with Crippen LogP contribution in [0.25, 0.3) is 10.9 Å². The van der Waals surface area contributed by atoms with Gasteiger partial charge in [-0.1, -0.05) is 6.08 Å². The second kappa shape index (κ2) is 5.23. The molecular weight excluding hydrogens is 231 g/mol. The number of aromatic nitrogens is 1. The Bertz CT molecular complexity index is 562. The summed E-state index contributed by atoms with van der Waals surface area (Å²) in [7, 11) is 2.01. The summed E-state index contributed by atoms with van der Waals surface area (Å²) in [4.78, 5) is 5.04. The molecule has 1 heterocycles. The van der Waals surface area contributed by atoms with E-state index >= 15 is 0 Å². The van der Waals surface area contributed by atoms with Crippen molar-refractivity contribution in [3.8, 4) is 5.75 Å².